The van der Waals surface area contributed by atoms with Gasteiger partial charge in [-0.25, -0.2) is 0 Å². The largest absolute Gasteiger partial charge is 0.294 e. The molecule has 1 rings (SSSR count). The summed E-state index contributed by atoms with van der Waals surface area (Å²) in [5.41, 5.74) is 0. The molecule has 0 aliphatic heterocycles. The fourth-order valence-corrected chi connectivity index (χ4v) is 2.05. The molecule has 0 unspecified atom stereocenters. The van der Waals surface area contributed by atoms with Gasteiger partial charge in [-0.15, -0.1) is 22.9 Å². The monoisotopic (exact) mass is 264 g/mol. The molecule has 12 heavy (non-hydrogen) atoms. The van der Waals surface area contributed by atoms with E-state index >= 15 is 0 Å². The number of thiophene rings is 1. The van der Waals surface area contributed by atoms with Crippen molar-refractivity contribution in [3.05, 3.63) is 26.9 Å². The number of hydrogen-bond acceptors (Lipinski definition) is 2. The molecule has 1 aromatic heterocycles. The van der Waals surface area contributed by atoms with Crippen molar-refractivity contribution in [3.8, 4) is 0 Å². The molecule has 0 spiro atoms. The average Bonchev–Trinajstić information content (AvgIpc) is 2.47. The van der Waals surface area contributed by atoms with Crippen LogP contribution in [0.25, 0.3) is 6.08 Å². The molecule has 1 heterocycles. The Hall–Kier alpha value is -0.120. The topological polar surface area (TPSA) is 17.1 Å². The van der Waals surface area contributed by atoms with Crippen molar-refractivity contribution in [2.24, 2.45) is 0 Å². The fraction of sp³-hybridized carbons (Fsp3) is 0.125. The third-order valence-corrected chi connectivity index (χ3v) is 3.01. The van der Waals surface area contributed by atoms with Gasteiger partial charge in [0.15, 0.2) is 5.78 Å². The number of rotatable bonds is 3. The second-order valence-electron chi connectivity index (χ2n) is 2.08. The van der Waals surface area contributed by atoms with E-state index in [1.165, 1.54) is 6.08 Å². The molecular formula is C8H6BrClOS. The van der Waals surface area contributed by atoms with Gasteiger partial charge in [-0.05, 0) is 40.2 Å². The van der Waals surface area contributed by atoms with Gasteiger partial charge in [0, 0.05) is 4.88 Å². The first-order valence-corrected chi connectivity index (χ1v) is 5.39. The molecule has 64 valence electrons. The molecule has 0 atom stereocenters. The maximum Gasteiger partial charge on any atom is 0.170 e. The highest BCUT2D eigenvalue weighted by Gasteiger charge is 1.94. The van der Waals surface area contributed by atoms with Crippen LogP contribution >= 0.6 is 38.9 Å². The predicted molar refractivity (Wildman–Crippen MR) is 56.8 cm³/mol. The van der Waals surface area contributed by atoms with Crippen molar-refractivity contribution in [2.45, 2.75) is 0 Å². The standard InChI is InChI=1S/C8H6BrClOS/c9-8-4-3-7(12-8)2-1-6(11)5-10/h1-4H,5H2. The van der Waals surface area contributed by atoms with Crippen molar-refractivity contribution in [1.82, 2.24) is 0 Å². The van der Waals surface area contributed by atoms with Gasteiger partial charge in [0.05, 0.1) is 9.67 Å². The Kier molecular flexibility index (Phi) is 3.98. The molecule has 0 fully saturated rings. The Morgan fingerprint density at radius 3 is 2.92 bits per heavy atom. The van der Waals surface area contributed by atoms with Crippen LogP contribution in [-0.4, -0.2) is 11.7 Å². The Labute approximate surface area is 88.2 Å². The maximum absolute atomic E-state index is 10.8. The Bertz CT molecular complexity index is 306. The minimum Gasteiger partial charge on any atom is -0.294 e. The second kappa shape index (κ2) is 4.80. The molecule has 1 aromatic rings. The van der Waals surface area contributed by atoms with Crippen LogP contribution in [0.5, 0.6) is 0 Å². The summed E-state index contributed by atoms with van der Waals surface area (Å²) in [7, 11) is 0. The third kappa shape index (κ3) is 3.09. The molecule has 0 aliphatic rings. The van der Waals surface area contributed by atoms with Crippen LogP contribution in [-0.2, 0) is 4.79 Å². The minimum absolute atomic E-state index is 0.0447. The zero-order valence-electron chi connectivity index (χ0n) is 6.09. The van der Waals surface area contributed by atoms with Gasteiger partial charge in [-0.3, -0.25) is 4.79 Å². The smallest absolute Gasteiger partial charge is 0.170 e. The number of halogens is 2. The van der Waals surface area contributed by atoms with Gasteiger partial charge in [0.1, 0.15) is 0 Å². The highest BCUT2D eigenvalue weighted by Crippen LogP contribution is 2.22. The molecular weight excluding hydrogens is 260 g/mol. The van der Waals surface area contributed by atoms with E-state index in [0.29, 0.717) is 0 Å². The Balaban J connectivity index is 2.63. The summed E-state index contributed by atoms with van der Waals surface area (Å²) >= 11 is 10.2. The van der Waals surface area contributed by atoms with Gasteiger partial charge >= 0.3 is 0 Å². The van der Waals surface area contributed by atoms with Crippen LogP contribution in [0.1, 0.15) is 4.88 Å². The van der Waals surface area contributed by atoms with E-state index in [1.54, 1.807) is 17.4 Å². The highest BCUT2D eigenvalue weighted by atomic mass is 79.9. The van der Waals surface area contributed by atoms with Crippen LogP contribution in [0.15, 0.2) is 22.0 Å². The van der Waals surface area contributed by atoms with Crippen molar-refractivity contribution < 1.29 is 4.79 Å². The quantitative estimate of drug-likeness (QED) is 0.605. The maximum atomic E-state index is 10.8. The van der Waals surface area contributed by atoms with E-state index in [-0.39, 0.29) is 11.7 Å². The normalized spacial score (nSPS) is 10.8. The van der Waals surface area contributed by atoms with E-state index in [0.717, 1.165) is 8.66 Å². The summed E-state index contributed by atoms with van der Waals surface area (Å²) in [6.45, 7) is 0. The fourth-order valence-electron chi connectivity index (χ4n) is 0.637. The van der Waals surface area contributed by atoms with Gasteiger partial charge in [0.2, 0.25) is 0 Å². The molecule has 0 aliphatic carbocycles. The summed E-state index contributed by atoms with van der Waals surface area (Å²) in [5.74, 6) is -0.0237. The number of allylic oxidation sites excluding steroid dienone is 1. The van der Waals surface area contributed by atoms with Crippen LogP contribution in [0.2, 0.25) is 0 Å². The number of carbonyl (C=O) groups excluding carboxylic acids is 1. The van der Waals surface area contributed by atoms with E-state index < -0.39 is 0 Å². The average molecular weight is 266 g/mol. The van der Waals surface area contributed by atoms with Crippen molar-refractivity contribution in [1.29, 1.82) is 0 Å². The van der Waals surface area contributed by atoms with Crippen LogP contribution in [0, 0.1) is 0 Å². The zero-order chi connectivity index (χ0) is 8.97. The SMILES string of the molecule is O=C(C=Cc1ccc(Br)s1)CCl. The Morgan fingerprint density at radius 2 is 2.42 bits per heavy atom. The molecule has 0 saturated heterocycles. The first-order chi connectivity index (χ1) is 5.72. The molecule has 0 amide bonds. The molecule has 1 nitrogen and oxygen atoms in total. The van der Waals surface area contributed by atoms with Gasteiger partial charge in [-0.2, -0.15) is 0 Å². The van der Waals surface area contributed by atoms with Crippen molar-refractivity contribution in [3.63, 3.8) is 0 Å². The second-order valence-corrected chi connectivity index (χ2v) is 4.84. The van der Waals surface area contributed by atoms with Crippen molar-refractivity contribution in [2.75, 3.05) is 5.88 Å². The summed E-state index contributed by atoms with van der Waals surface area (Å²) in [6, 6.07) is 3.88. The highest BCUT2D eigenvalue weighted by molar-refractivity contribution is 9.11. The zero-order valence-corrected chi connectivity index (χ0v) is 9.25. The number of carbonyl (C=O) groups is 1. The van der Waals surface area contributed by atoms with E-state index in [4.69, 9.17) is 11.6 Å². The van der Waals surface area contributed by atoms with Crippen molar-refractivity contribution >= 4 is 50.7 Å². The van der Waals surface area contributed by atoms with Crippen LogP contribution < -0.4 is 0 Å². The van der Waals surface area contributed by atoms with Gasteiger partial charge < -0.3 is 0 Å². The summed E-state index contributed by atoms with van der Waals surface area (Å²) in [5, 5.41) is 0. The van der Waals surface area contributed by atoms with Gasteiger partial charge in [-0.1, -0.05) is 0 Å². The summed E-state index contributed by atoms with van der Waals surface area (Å²) in [4.78, 5) is 11.8. The van der Waals surface area contributed by atoms with Gasteiger partial charge in [0.25, 0.3) is 0 Å². The molecule has 4 heteroatoms. The lowest BCUT2D eigenvalue weighted by Crippen LogP contribution is -1.90. The lowest BCUT2D eigenvalue weighted by Gasteiger charge is -1.82. The minimum atomic E-state index is -0.0683. The Morgan fingerprint density at radius 1 is 1.67 bits per heavy atom. The third-order valence-electron chi connectivity index (χ3n) is 1.16. The molecule has 0 radical (unpaired) electrons. The lowest BCUT2D eigenvalue weighted by atomic mass is 10.3. The molecule has 0 aromatic carbocycles. The van der Waals surface area contributed by atoms with E-state index in [9.17, 15) is 4.79 Å². The molecule has 0 bridgehead atoms. The molecule has 0 saturated carbocycles. The first-order valence-electron chi connectivity index (χ1n) is 3.24. The summed E-state index contributed by atoms with van der Waals surface area (Å²) < 4.78 is 1.06. The van der Waals surface area contributed by atoms with E-state index in [1.807, 2.05) is 12.1 Å². The number of alkyl halides is 1. The van der Waals surface area contributed by atoms with Crippen LogP contribution in [0.3, 0.4) is 0 Å². The lowest BCUT2D eigenvalue weighted by molar-refractivity contribution is -0.112. The molecule has 0 N–H and O–H groups in total. The van der Waals surface area contributed by atoms with E-state index in [2.05, 4.69) is 15.9 Å². The van der Waals surface area contributed by atoms with Crippen LogP contribution in [0.4, 0.5) is 0 Å². The number of hydrogen-bond donors (Lipinski definition) is 0. The predicted octanol–water partition coefficient (Wildman–Crippen LogP) is 3.33. The number of ketones is 1. The first kappa shape index (κ1) is 9.96. The summed E-state index contributed by atoms with van der Waals surface area (Å²) in [6.07, 6.45) is 3.26.